The molecule has 1 rings (SSSR count). The molecule has 8 nitrogen and oxygen atoms in total. The number of aliphatic carboxylic acids is 1. The molecule has 0 bridgehead atoms. The Bertz CT molecular complexity index is 546. The summed E-state index contributed by atoms with van der Waals surface area (Å²) < 4.78 is 5.10. The van der Waals surface area contributed by atoms with Gasteiger partial charge in [0.1, 0.15) is 6.04 Å². The number of nitrogens with one attached hydrogen (secondary N) is 1. The molecular weight excluding hydrogens is 292 g/mol. The van der Waals surface area contributed by atoms with Gasteiger partial charge in [0.2, 0.25) is 0 Å². The summed E-state index contributed by atoms with van der Waals surface area (Å²) in [4.78, 5) is 32.9. The second kappa shape index (κ2) is 8.60. The smallest absolute Gasteiger partial charge is 0.326 e. The molecule has 0 aliphatic rings. The van der Waals surface area contributed by atoms with Crippen LogP contribution in [0.1, 0.15) is 26.2 Å². The van der Waals surface area contributed by atoms with Crippen LogP contribution in [0.2, 0.25) is 0 Å². The van der Waals surface area contributed by atoms with Crippen LogP contribution < -0.4 is 10.1 Å². The number of carbonyl (C=O) groups excluding carboxylic acids is 1. The third-order valence-electron chi connectivity index (χ3n) is 2.90. The quantitative estimate of drug-likeness (QED) is 0.529. The Morgan fingerprint density at radius 1 is 1.41 bits per heavy atom. The lowest BCUT2D eigenvalue weighted by molar-refractivity contribution is -0.385. The van der Waals surface area contributed by atoms with Crippen molar-refractivity contribution in [3.05, 3.63) is 34.4 Å². The number of para-hydroxylation sites is 2. The normalized spacial score (nSPS) is 11.5. The molecule has 0 aromatic heterocycles. The Hall–Kier alpha value is -2.64. The van der Waals surface area contributed by atoms with Gasteiger partial charge in [-0.2, -0.15) is 0 Å². The zero-order chi connectivity index (χ0) is 16.5. The fourth-order valence-electron chi connectivity index (χ4n) is 1.77. The van der Waals surface area contributed by atoms with E-state index < -0.39 is 29.4 Å². The fourth-order valence-corrected chi connectivity index (χ4v) is 1.77. The Kier molecular flexibility index (Phi) is 6.81. The Labute approximate surface area is 127 Å². The molecule has 1 amide bonds. The molecule has 0 unspecified atom stereocenters. The summed E-state index contributed by atoms with van der Waals surface area (Å²) in [7, 11) is 0. The van der Waals surface area contributed by atoms with Gasteiger partial charge in [-0.05, 0) is 12.5 Å². The number of carbonyl (C=O) groups is 2. The first-order valence-electron chi connectivity index (χ1n) is 6.84. The SMILES string of the molecule is CCCC[C@H](NC(=O)COc1ccccc1[N+](=O)[O-])C(=O)O. The second-order valence-corrected chi connectivity index (χ2v) is 4.61. The molecule has 120 valence electrons. The number of carboxylic acid groups (broad SMARTS) is 1. The number of nitro groups is 1. The van der Waals surface area contributed by atoms with Gasteiger partial charge in [-0.3, -0.25) is 14.9 Å². The van der Waals surface area contributed by atoms with Crippen LogP contribution in [0.3, 0.4) is 0 Å². The molecule has 0 radical (unpaired) electrons. The van der Waals surface area contributed by atoms with Gasteiger partial charge in [-0.25, -0.2) is 4.79 Å². The van der Waals surface area contributed by atoms with E-state index in [-0.39, 0.29) is 11.4 Å². The highest BCUT2D eigenvalue weighted by molar-refractivity contribution is 5.84. The molecule has 0 aliphatic heterocycles. The maximum absolute atomic E-state index is 11.7. The highest BCUT2D eigenvalue weighted by atomic mass is 16.6. The van der Waals surface area contributed by atoms with Crippen molar-refractivity contribution in [3.63, 3.8) is 0 Å². The molecule has 0 aliphatic carbocycles. The van der Waals surface area contributed by atoms with Gasteiger partial charge < -0.3 is 15.2 Å². The van der Waals surface area contributed by atoms with E-state index in [0.29, 0.717) is 12.8 Å². The van der Waals surface area contributed by atoms with Gasteiger partial charge in [0.25, 0.3) is 5.91 Å². The first-order chi connectivity index (χ1) is 10.5. The van der Waals surface area contributed by atoms with Crippen molar-refractivity contribution >= 4 is 17.6 Å². The Morgan fingerprint density at radius 3 is 2.68 bits per heavy atom. The molecule has 0 saturated carbocycles. The number of hydrogen-bond donors (Lipinski definition) is 2. The van der Waals surface area contributed by atoms with E-state index in [0.717, 1.165) is 6.42 Å². The van der Waals surface area contributed by atoms with Gasteiger partial charge >= 0.3 is 11.7 Å². The van der Waals surface area contributed by atoms with Crippen LogP contribution in [0.5, 0.6) is 5.75 Å². The minimum Gasteiger partial charge on any atom is -0.480 e. The number of ether oxygens (including phenoxy) is 1. The molecule has 2 N–H and O–H groups in total. The highest BCUT2D eigenvalue weighted by Crippen LogP contribution is 2.25. The van der Waals surface area contributed by atoms with Gasteiger partial charge in [0.05, 0.1) is 4.92 Å². The van der Waals surface area contributed by atoms with E-state index >= 15 is 0 Å². The zero-order valence-electron chi connectivity index (χ0n) is 12.2. The molecule has 0 spiro atoms. The summed E-state index contributed by atoms with van der Waals surface area (Å²) >= 11 is 0. The van der Waals surface area contributed by atoms with Gasteiger partial charge in [-0.15, -0.1) is 0 Å². The first kappa shape index (κ1) is 17.4. The van der Waals surface area contributed by atoms with E-state index in [2.05, 4.69) is 5.32 Å². The molecule has 0 fully saturated rings. The molecule has 0 heterocycles. The summed E-state index contributed by atoms with van der Waals surface area (Å²) in [6.45, 7) is 1.43. The standard InChI is InChI=1S/C14H18N2O6/c1-2-3-6-10(14(18)19)15-13(17)9-22-12-8-5-4-7-11(12)16(20)21/h4-5,7-8,10H,2-3,6,9H2,1H3,(H,15,17)(H,18,19)/t10-/m0/s1. The number of carboxylic acids is 1. The van der Waals surface area contributed by atoms with Crippen LogP contribution >= 0.6 is 0 Å². The molecule has 8 heteroatoms. The van der Waals surface area contributed by atoms with Gasteiger partial charge in [-0.1, -0.05) is 31.9 Å². The Morgan fingerprint density at radius 2 is 2.09 bits per heavy atom. The average molecular weight is 310 g/mol. The van der Waals surface area contributed by atoms with Crippen LogP contribution in [0.15, 0.2) is 24.3 Å². The number of nitrogens with zero attached hydrogens (tertiary/aromatic N) is 1. The van der Waals surface area contributed by atoms with E-state index in [1.54, 1.807) is 6.07 Å². The van der Waals surface area contributed by atoms with Crippen molar-refractivity contribution in [2.24, 2.45) is 0 Å². The van der Waals surface area contributed by atoms with Gasteiger partial charge in [0.15, 0.2) is 12.4 Å². The number of amides is 1. The minimum absolute atomic E-state index is 0.0388. The predicted molar refractivity (Wildman–Crippen MR) is 77.7 cm³/mol. The lowest BCUT2D eigenvalue weighted by Gasteiger charge is -2.14. The number of nitro benzene ring substituents is 1. The zero-order valence-corrected chi connectivity index (χ0v) is 12.2. The van der Waals surface area contributed by atoms with Crippen LogP contribution in [0, 0.1) is 10.1 Å². The lowest BCUT2D eigenvalue weighted by atomic mass is 10.1. The van der Waals surface area contributed by atoms with Gasteiger partial charge in [0, 0.05) is 6.07 Å². The van der Waals surface area contributed by atoms with Crippen LogP contribution in [0.25, 0.3) is 0 Å². The van der Waals surface area contributed by atoms with Crippen molar-refractivity contribution in [2.75, 3.05) is 6.61 Å². The maximum atomic E-state index is 11.7. The molecule has 1 aromatic carbocycles. The lowest BCUT2D eigenvalue weighted by Crippen LogP contribution is -2.42. The molecule has 0 saturated heterocycles. The van der Waals surface area contributed by atoms with E-state index in [9.17, 15) is 19.7 Å². The van der Waals surface area contributed by atoms with Crippen molar-refractivity contribution < 1.29 is 24.4 Å². The largest absolute Gasteiger partial charge is 0.480 e. The average Bonchev–Trinajstić information content (AvgIpc) is 2.49. The third-order valence-corrected chi connectivity index (χ3v) is 2.90. The molecular formula is C14H18N2O6. The van der Waals surface area contributed by atoms with Crippen LogP contribution in [0.4, 0.5) is 5.69 Å². The number of hydrogen-bond acceptors (Lipinski definition) is 5. The molecule has 1 aromatic rings. The van der Waals surface area contributed by atoms with Crippen LogP contribution in [-0.4, -0.2) is 34.6 Å². The van der Waals surface area contributed by atoms with Crippen molar-refractivity contribution in [3.8, 4) is 5.75 Å². The van der Waals surface area contributed by atoms with Crippen molar-refractivity contribution in [1.29, 1.82) is 0 Å². The summed E-state index contributed by atoms with van der Waals surface area (Å²) in [6, 6.07) is 4.67. The first-order valence-corrected chi connectivity index (χ1v) is 6.84. The predicted octanol–water partition coefficient (Wildman–Crippen LogP) is 1.73. The van der Waals surface area contributed by atoms with E-state index in [4.69, 9.17) is 9.84 Å². The van der Waals surface area contributed by atoms with E-state index in [1.807, 2.05) is 6.92 Å². The maximum Gasteiger partial charge on any atom is 0.326 e. The number of benzene rings is 1. The topological polar surface area (TPSA) is 119 Å². The summed E-state index contributed by atoms with van der Waals surface area (Å²) in [6.07, 6.45) is 1.80. The molecule has 22 heavy (non-hydrogen) atoms. The van der Waals surface area contributed by atoms with E-state index in [1.165, 1.54) is 18.2 Å². The summed E-state index contributed by atoms with van der Waals surface area (Å²) in [5.41, 5.74) is -0.254. The fraction of sp³-hybridized carbons (Fsp3) is 0.429. The number of unbranched alkanes of at least 4 members (excludes halogenated alkanes) is 1. The third kappa shape index (κ3) is 5.39. The Balaban J connectivity index is 2.59. The summed E-state index contributed by atoms with van der Waals surface area (Å²) in [5.74, 6) is -1.79. The monoisotopic (exact) mass is 310 g/mol. The molecule has 1 atom stereocenters. The minimum atomic E-state index is -1.12. The van der Waals surface area contributed by atoms with Crippen LogP contribution in [-0.2, 0) is 9.59 Å². The van der Waals surface area contributed by atoms with Crippen molar-refractivity contribution in [2.45, 2.75) is 32.2 Å². The number of rotatable bonds is 9. The second-order valence-electron chi connectivity index (χ2n) is 4.61. The highest BCUT2D eigenvalue weighted by Gasteiger charge is 2.20. The van der Waals surface area contributed by atoms with Crippen molar-refractivity contribution in [1.82, 2.24) is 5.32 Å². The summed E-state index contributed by atoms with van der Waals surface area (Å²) in [5, 5.41) is 22.1.